The minimum atomic E-state index is -1.67. The van der Waals surface area contributed by atoms with E-state index in [0.717, 1.165) is 42.1 Å². The van der Waals surface area contributed by atoms with Crippen molar-refractivity contribution < 1.29 is 17.6 Å². The standard InChI is InChI=1S/C31H19F4N/c32-20-14-16-27(34)25(18-20)31(26-19-21(33)15-17-28(26)35)23-10-4-6-12-29(23)36(22-8-2-1-3-9-22)30-13-7-5-11-24(30)31/h1-19H. The summed E-state index contributed by atoms with van der Waals surface area (Å²) in [4.78, 5) is 2.00. The van der Waals surface area contributed by atoms with Gasteiger partial charge < -0.3 is 4.90 Å². The average molecular weight is 481 g/mol. The Morgan fingerprint density at radius 1 is 0.444 bits per heavy atom. The van der Waals surface area contributed by atoms with E-state index in [2.05, 4.69) is 0 Å². The van der Waals surface area contributed by atoms with Crippen molar-refractivity contribution >= 4 is 17.1 Å². The number of fused-ring (bicyclic) bond motifs is 2. The van der Waals surface area contributed by atoms with Crippen LogP contribution in [-0.2, 0) is 5.41 Å². The van der Waals surface area contributed by atoms with Gasteiger partial charge in [0.05, 0.1) is 16.8 Å². The predicted molar refractivity (Wildman–Crippen MR) is 133 cm³/mol. The molecule has 5 aromatic carbocycles. The molecule has 1 aliphatic heterocycles. The van der Waals surface area contributed by atoms with Crippen LogP contribution in [0.5, 0.6) is 0 Å². The van der Waals surface area contributed by atoms with E-state index < -0.39 is 28.7 Å². The number of anilines is 3. The summed E-state index contributed by atoms with van der Waals surface area (Å²) in [6, 6.07) is 30.2. The van der Waals surface area contributed by atoms with Gasteiger partial charge in [-0.1, -0.05) is 54.6 Å². The Morgan fingerprint density at radius 3 is 1.39 bits per heavy atom. The van der Waals surface area contributed by atoms with E-state index in [4.69, 9.17) is 0 Å². The van der Waals surface area contributed by atoms with Gasteiger partial charge in [-0.05, 0) is 71.8 Å². The van der Waals surface area contributed by atoms with Crippen LogP contribution in [-0.4, -0.2) is 0 Å². The minimum Gasteiger partial charge on any atom is -0.310 e. The van der Waals surface area contributed by atoms with Crippen LogP contribution in [0.2, 0.25) is 0 Å². The molecule has 0 bridgehead atoms. The summed E-state index contributed by atoms with van der Waals surface area (Å²) in [5.74, 6) is -2.80. The molecular formula is C31H19F4N. The molecule has 1 aliphatic rings. The molecule has 5 aromatic rings. The third kappa shape index (κ3) is 3.16. The fourth-order valence-electron chi connectivity index (χ4n) is 5.40. The average Bonchev–Trinajstić information content (AvgIpc) is 2.91. The molecule has 0 N–H and O–H groups in total. The Hall–Kier alpha value is -4.38. The van der Waals surface area contributed by atoms with Crippen molar-refractivity contribution in [3.63, 3.8) is 0 Å². The molecule has 0 saturated heterocycles. The summed E-state index contributed by atoms with van der Waals surface area (Å²) in [5, 5.41) is 0. The van der Waals surface area contributed by atoms with Gasteiger partial charge in [0.2, 0.25) is 0 Å². The van der Waals surface area contributed by atoms with E-state index >= 15 is 8.78 Å². The van der Waals surface area contributed by atoms with Gasteiger partial charge in [-0.15, -0.1) is 0 Å². The molecule has 36 heavy (non-hydrogen) atoms. The van der Waals surface area contributed by atoms with Crippen molar-refractivity contribution in [1.29, 1.82) is 0 Å². The molecule has 0 unspecified atom stereocenters. The number of benzene rings is 5. The van der Waals surface area contributed by atoms with Crippen molar-refractivity contribution in [2.24, 2.45) is 0 Å². The highest BCUT2D eigenvalue weighted by Crippen LogP contribution is 2.58. The molecule has 1 nitrogen and oxygen atoms in total. The lowest BCUT2D eigenvalue weighted by atomic mass is 9.62. The molecule has 0 saturated carbocycles. The largest absolute Gasteiger partial charge is 0.310 e. The lowest BCUT2D eigenvalue weighted by Gasteiger charge is -2.46. The van der Waals surface area contributed by atoms with Crippen LogP contribution < -0.4 is 4.90 Å². The summed E-state index contributed by atoms with van der Waals surface area (Å²) in [6.45, 7) is 0. The second kappa shape index (κ2) is 8.38. The predicted octanol–water partition coefficient (Wildman–Crippen LogP) is 8.41. The van der Waals surface area contributed by atoms with Gasteiger partial charge in [-0.3, -0.25) is 0 Å². The zero-order valence-electron chi connectivity index (χ0n) is 18.9. The maximum absolute atomic E-state index is 15.7. The fourth-order valence-corrected chi connectivity index (χ4v) is 5.40. The molecule has 6 rings (SSSR count). The first-order valence-electron chi connectivity index (χ1n) is 11.5. The highest BCUT2D eigenvalue weighted by Gasteiger charge is 2.49. The normalized spacial score (nSPS) is 13.7. The maximum atomic E-state index is 15.7. The van der Waals surface area contributed by atoms with E-state index in [9.17, 15) is 8.78 Å². The monoisotopic (exact) mass is 481 g/mol. The lowest BCUT2D eigenvalue weighted by molar-refractivity contribution is 0.530. The summed E-state index contributed by atoms with van der Waals surface area (Å²) in [5.41, 5.74) is 1.27. The number of hydrogen-bond donors (Lipinski definition) is 0. The van der Waals surface area contributed by atoms with Gasteiger partial charge in [0.1, 0.15) is 23.3 Å². The van der Waals surface area contributed by atoms with Crippen molar-refractivity contribution in [1.82, 2.24) is 0 Å². The maximum Gasteiger partial charge on any atom is 0.128 e. The number of nitrogens with zero attached hydrogens (tertiary/aromatic N) is 1. The van der Waals surface area contributed by atoms with Gasteiger partial charge in [0, 0.05) is 16.8 Å². The van der Waals surface area contributed by atoms with Crippen LogP contribution in [0.25, 0.3) is 0 Å². The van der Waals surface area contributed by atoms with Gasteiger partial charge in [-0.25, -0.2) is 17.6 Å². The smallest absolute Gasteiger partial charge is 0.128 e. The second-order valence-corrected chi connectivity index (χ2v) is 8.70. The number of halogens is 4. The van der Waals surface area contributed by atoms with Crippen molar-refractivity contribution in [3.05, 3.63) is 161 Å². The van der Waals surface area contributed by atoms with Crippen LogP contribution in [0.3, 0.4) is 0 Å². The van der Waals surface area contributed by atoms with Gasteiger partial charge in [0.25, 0.3) is 0 Å². The Labute approximate surface area is 205 Å². The molecule has 0 aromatic heterocycles. The highest BCUT2D eigenvalue weighted by atomic mass is 19.1. The van der Waals surface area contributed by atoms with Crippen LogP contribution in [0, 0.1) is 23.3 Å². The third-order valence-electron chi connectivity index (χ3n) is 6.78. The van der Waals surface area contributed by atoms with Crippen molar-refractivity contribution in [2.45, 2.75) is 5.41 Å². The zero-order valence-corrected chi connectivity index (χ0v) is 18.9. The number of para-hydroxylation sites is 3. The third-order valence-corrected chi connectivity index (χ3v) is 6.78. The molecule has 1 heterocycles. The van der Waals surface area contributed by atoms with E-state index in [-0.39, 0.29) is 11.1 Å². The first kappa shape index (κ1) is 22.1. The molecule has 0 radical (unpaired) electrons. The zero-order chi connectivity index (χ0) is 24.9. The molecule has 0 fully saturated rings. The Balaban J connectivity index is 1.84. The van der Waals surface area contributed by atoms with Crippen LogP contribution in [0.4, 0.5) is 34.6 Å². The van der Waals surface area contributed by atoms with Crippen LogP contribution >= 0.6 is 0 Å². The second-order valence-electron chi connectivity index (χ2n) is 8.70. The summed E-state index contributed by atoms with van der Waals surface area (Å²) in [6.07, 6.45) is 0. The molecule has 176 valence electrons. The van der Waals surface area contributed by atoms with Crippen molar-refractivity contribution in [2.75, 3.05) is 4.90 Å². The molecule has 0 aliphatic carbocycles. The number of hydrogen-bond acceptors (Lipinski definition) is 1. The van der Waals surface area contributed by atoms with Gasteiger partial charge >= 0.3 is 0 Å². The quantitative estimate of drug-likeness (QED) is 0.229. The minimum absolute atomic E-state index is 0.0976. The lowest BCUT2D eigenvalue weighted by Crippen LogP contribution is -2.39. The summed E-state index contributed by atoms with van der Waals surface area (Å²) < 4.78 is 60.9. The SMILES string of the molecule is Fc1ccc(F)c(C2(c3cc(F)ccc3F)c3ccccc3N(c3ccccc3)c3ccccc32)c1. The first-order chi connectivity index (χ1) is 17.5. The van der Waals surface area contributed by atoms with Gasteiger partial charge in [-0.2, -0.15) is 0 Å². The first-order valence-corrected chi connectivity index (χ1v) is 11.5. The Bertz CT molecular complexity index is 1500. The Kier molecular flexibility index (Phi) is 5.15. The highest BCUT2D eigenvalue weighted by molar-refractivity contribution is 5.89. The van der Waals surface area contributed by atoms with E-state index in [1.54, 1.807) is 24.3 Å². The van der Waals surface area contributed by atoms with Crippen LogP contribution in [0.1, 0.15) is 22.3 Å². The van der Waals surface area contributed by atoms with Crippen molar-refractivity contribution in [3.8, 4) is 0 Å². The molecule has 5 heteroatoms. The molecule has 0 atom stereocenters. The Morgan fingerprint density at radius 2 is 0.889 bits per heavy atom. The summed E-state index contributed by atoms with van der Waals surface area (Å²) in [7, 11) is 0. The molecular weight excluding hydrogens is 462 g/mol. The van der Waals surface area contributed by atoms with Gasteiger partial charge in [0.15, 0.2) is 0 Å². The molecule has 0 spiro atoms. The topological polar surface area (TPSA) is 3.24 Å². The van der Waals surface area contributed by atoms with E-state index in [1.807, 2.05) is 59.5 Å². The van der Waals surface area contributed by atoms with E-state index in [1.165, 1.54) is 0 Å². The number of rotatable bonds is 3. The van der Waals surface area contributed by atoms with E-state index in [0.29, 0.717) is 22.5 Å². The summed E-state index contributed by atoms with van der Waals surface area (Å²) >= 11 is 0. The fraction of sp³-hybridized carbons (Fsp3) is 0.0323. The van der Waals surface area contributed by atoms with Crippen LogP contribution in [0.15, 0.2) is 115 Å². The molecule has 0 amide bonds.